The number of halogens is 1. The van der Waals surface area contributed by atoms with Gasteiger partial charge in [0, 0.05) is 31.2 Å². The number of carbonyl (C=O) groups excluding carboxylic acids is 1. The van der Waals surface area contributed by atoms with Gasteiger partial charge in [-0.2, -0.15) is 0 Å². The van der Waals surface area contributed by atoms with Crippen LogP contribution in [0, 0.1) is 5.82 Å². The first-order chi connectivity index (χ1) is 15.6. The molecular weight excluding hydrogens is 417 g/mol. The SMILES string of the molecule is O=C(Nc1ccc(N2CCOCC2)c(F)c1)Oc1c(NCc2ccccn2)cc[nH]c1=O. The van der Waals surface area contributed by atoms with Crippen molar-refractivity contribution in [3.63, 3.8) is 0 Å². The van der Waals surface area contributed by atoms with E-state index in [1.54, 1.807) is 30.5 Å². The molecule has 0 radical (unpaired) electrons. The Bertz CT molecular complexity index is 1130. The average Bonchev–Trinajstić information content (AvgIpc) is 2.81. The lowest BCUT2D eigenvalue weighted by Gasteiger charge is -2.29. The van der Waals surface area contributed by atoms with Crippen LogP contribution in [-0.2, 0) is 11.3 Å². The third-order valence-electron chi connectivity index (χ3n) is 4.84. The van der Waals surface area contributed by atoms with Gasteiger partial charge in [-0.05, 0) is 36.4 Å². The average molecular weight is 439 g/mol. The standard InChI is InChI=1S/C22H22FN5O4/c23-17-13-15(4-5-19(17)28-9-11-31-12-10-28)27-22(30)32-20-18(6-8-25-21(20)29)26-14-16-3-1-2-7-24-16/h1-8,13H,9-12,14H2,(H,27,30)(H2,25,26,29). The third kappa shape index (κ3) is 5.22. The zero-order valence-electron chi connectivity index (χ0n) is 17.1. The Kier molecular flexibility index (Phi) is 6.61. The number of aromatic amines is 1. The van der Waals surface area contributed by atoms with E-state index in [4.69, 9.17) is 9.47 Å². The summed E-state index contributed by atoms with van der Waals surface area (Å²) in [5.41, 5.74) is 1.13. The number of ether oxygens (including phenoxy) is 2. The normalized spacial score (nSPS) is 13.5. The number of rotatable bonds is 6. The van der Waals surface area contributed by atoms with Gasteiger partial charge in [0.25, 0.3) is 5.56 Å². The number of pyridine rings is 2. The van der Waals surface area contributed by atoms with E-state index < -0.39 is 17.5 Å². The molecule has 3 heterocycles. The first kappa shape index (κ1) is 21.3. The maximum absolute atomic E-state index is 14.6. The van der Waals surface area contributed by atoms with Crippen molar-refractivity contribution in [1.29, 1.82) is 0 Å². The second-order valence-electron chi connectivity index (χ2n) is 7.00. The molecule has 0 saturated carbocycles. The van der Waals surface area contributed by atoms with E-state index >= 15 is 0 Å². The van der Waals surface area contributed by atoms with Gasteiger partial charge in [-0.25, -0.2) is 9.18 Å². The lowest BCUT2D eigenvalue weighted by Crippen LogP contribution is -2.36. The van der Waals surface area contributed by atoms with Crippen LogP contribution in [0.2, 0.25) is 0 Å². The molecule has 2 aromatic heterocycles. The maximum atomic E-state index is 14.6. The van der Waals surface area contributed by atoms with Crippen LogP contribution in [0.5, 0.6) is 5.75 Å². The highest BCUT2D eigenvalue weighted by molar-refractivity contribution is 5.87. The van der Waals surface area contributed by atoms with Gasteiger partial charge in [0.2, 0.25) is 5.75 Å². The Morgan fingerprint density at radius 1 is 1.22 bits per heavy atom. The van der Waals surface area contributed by atoms with Crippen molar-refractivity contribution in [2.24, 2.45) is 0 Å². The number of benzene rings is 1. The predicted molar refractivity (Wildman–Crippen MR) is 118 cm³/mol. The lowest BCUT2D eigenvalue weighted by molar-refractivity contribution is 0.122. The van der Waals surface area contributed by atoms with Gasteiger partial charge in [0.05, 0.1) is 36.8 Å². The highest BCUT2D eigenvalue weighted by Crippen LogP contribution is 2.24. The molecule has 4 rings (SSSR count). The first-order valence-electron chi connectivity index (χ1n) is 10.1. The zero-order chi connectivity index (χ0) is 22.3. The van der Waals surface area contributed by atoms with Crippen LogP contribution in [0.1, 0.15) is 5.69 Å². The van der Waals surface area contributed by atoms with Crippen molar-refractivity contribution < 1.29 is 18.7 Å². The van der Waals surface area contributed by atoms with E-state index in [2.05, 4.69) is 20.6 Å². The largest absolute Gasteiger partial charge is 0.417 e. The molecule has 0 bridgehead atoms. The molecule has 1 amide bonds. The van der Waals surface area contributed by atoms with Crippen LogP contribution in [0.25, 0.3) is 0 Å². The van der Waals surface area contributed by atoms with Crippen LogP contribution in [0.15, 0.2) is 59.7 Å². The van der Waals surface area contributed by atoms with Crippen molar-refractivity contribution in [2.75, 3.05) is 41.8 Å². The molecule has 32 heavy (non-hydrogen) atoms. The molecule has 1 aromatic carbocycles. The molecule has 10 heteroatoms. The van der Waals surface area contributed by atoms with Crippen LogP contribution in [-0.4, -0.2) is 42.4 Å². The quantitative estimate of drug-likeness (QED) is 0.542. The van der Waals surface area contributed by atoms with E-state index in [0.29, 0.717) is 44.2 Å². The number of anilines is 3. The van der Waals surface area contributed by atoms with Crippen molar-refractivity contribution in [3.05, 3.63) is 76.7 Å². The predicted octanol–water partition coefficient (Wildman–Crippen LogP) is 2.97. The van der Waals surface area contributed by atoms with Gasteiger partial charge in [-0.1, -0.05) is 6.07 Å². The van der Waals surface area contributed by atoms with Gasteiger partial charge in [-0.3, -0.25) is 15.1 Å². The summed E-state index contributed by atoms with van der Waals surface area (Å²) in [5, 5.41) is 5.48. The Morgan fingerprint density at radius 2 is 2.06 bits per heavy atom. The van der Waals surface area contributed by atoms with Crippen LogP contribution < -0.4 is 25.8 Å². The number of hydrogen-bond acceptors (Lipinski definition) is 7. The Hall–Kier alpha value is -3.92. The molecule has 0 spiro atoms. The van der Waals surface area contributed by atoms with Crippen LogP contribution in [0.4, 0.5) is 26.2 Å². The topological polar surface area (TPSA) is 109 Å². The minimum atomic E-state index is -0.916. The number of nitrogens with zero attached hydrogens (tertiary/aromatic N) is 2. The maximum Gasteiger partial charge on any atom is 0.417 e. The minimum Gasteiger partial charge on any atom is -0.402 e. The summed E-state index contributed by atoms with van der Waals surface area (Å²) < 4.78 is 25.1. The monoisotopic (exact) mass is 439 g/mol. The number of amides is 1. The van der Waals surface area contributed by atoms with Gasteiger partial charge >= 0.3 is 6.09 Å². The highest BCUT2D eigenvalue weighted by atomic mass is 19.1. The Balaban J connectivity index is 1.42. The fourth-order valence-corrected chi connectivity index (χ4v) is 3.27. The second kappa shape index (κ2) is 9.92. The summed E-state index contributed by atoms with van der Waals surface area (Å²) in [6.07, 6.45) is 2.18. The molecule has 0 atom stereocenters. The molecule has 3 N–H and O–H groups in total. The molecule has 3 aromatic rings. The smallest absolute Gasteiger partial charge is 0.402 e. The fourth-order valence-electron chi connectivity index (χ4n) is 3.27. The van der Waals surface area contributed by atoms with E-state index in [-0.39, 0.29) is 11.4 Å². The molecule has 1 saturated heterocycles. The minimum absolute atomic E-state index is 0.202. The lowest BCUT2D eigenvalue weighted by atomic mass is 10.2. The molecule has 0 unspecified atom stereocenters. The zero-order valence-corrected chi connectivity index (χ0v) is 17.1. The van der Waals surface area contributed by atoms with Crippen molar-refractivity contribution in [1.82, 2.24) is 9.97 Å². The molecule has 9 nitrogen and oxygen atoms in total. The Morgan fingerprint density at radius 3 is 2.81 bits per heavy atom. The summed E-state index contributed by atoms with van der Waals surface area (Å²) in [7, 11) is 0. The van der Waals surface area contributed by atoms with Gasteiger partial charge < -0.3 is 24.7 Å². The molecular formula is C22H22FN5O4. The highest BCUT2D eigenvalue weighted by Gasteiger charge is 2.17. The molecule has 166 valence electrons. The summed E-state index contributed by atoms with van der Waals surface area (Å²) in [5.74, 6) is -0.675. The van der Waals surface area contributed by atoms with E-state index in [0.717, 1.165) is 5.69 Å². The van der Waals surface area contributed by atoms with E-state index in [9.17, 15) is 14.0 Å². The number of nitrogens with one attached hydrogen (secondary N) is 3. The number of aromatic nitrogens is 2. The van der Waals surface area contributed by atoms with E-state index in [1.807, 2.05) is 17.0 Å². The fraction of sp³-hybridized carbons (Fsp3) is 0.227. The number of morpholine rings is 1. The molecule has 1 aliphatic heterocycles. The van der Waals surface area contributed by atoms with Crippen molar-refractivity contribution in [2.45, 2.75) is 6.54 Å². The van der Waals surface area contributed by atoms with Gasteiger partial charge in [-0.15, -0.1) is 0 Å². The van der Waals surface area contributed by atoms with Crippen LogP contribution in [0.3, 0.4) is 0 Å². The van der Waals surface area contributed by atoms with Crippen molar-refractivity contribution >= 4 is 23.2 Å². The summed E-state index contributed by atoms with van der Waals surface area (Å²) in [6.45, 7) is 2.59. The summed E-state index contributed by atoms with van der Waals surface area (Å²) >= 11 is 0. The molecule has 0 aliphatic carbocycles. The molecule has 1 aliphatic rings. The third-order valence-corrected chi connectivity index (χ3v) is 4.84. The van der Waals surface area contributed by atoms with E-state index in [1.165, 1.54) is 12.3 Å². The second-order valence-corrected chi connectivity index (χ2v) is 7.00. The Labute approximate surface area is 183 Å². The van der Waals surface area contributed by atoms with Gasteiger partial charge in [0.1, 0.15) is 5.82 Å². The molecule has 1 fully saturated rings. The number of hydrogen-bond donors (Lipinski definition) is 3. The van der Waals surface area contributed by atoms with Crippen molar-refractivity contribution in [3.8, 4) is 5.75 Å². The number of H-pyrrole nitrogens is 1. The summed E-state index contributed by atoms with van der Waals surface area (Å²) in [6, 6.07) is 11.4. The van der Waals surface area contributed by atoms with Crippen LogP contribution >= 0.6 is 0 Å². The van der Waals surface area contributed by atoms with Gasteiger partial charge in [0.15, 0.2) is 0 Å². The number of carbonyl (C=O) groups is 1. The first-order valence-corrected chi connectivity index (χ1v) is 10.1. The summed E-state index contributed by atoms with van der Waals surface area (Å²) in [4.78, 5) is 33.1.